The van der Waals surface area contributed by atoms with E-state index in [9.17, 15) is 18.0 Å². The Balaban J connectivity index is 2.37. The van der Waals surface area contributed by atoms with Gasteiger partial charge in [0.2, 0.25) is 0 Å². The first kappa shape index (κ1) is 26.0. The highest BCUT2D eigenvalue weighted by Crippen LogP contribution is 2.36. The number of alkyl halides is 4. The lowest BCUT2D eigenvalue weighted by Crippen LogP contribution is -2.25. The van der Waals surface area contributed by atoms with E-state index < -0.39 is 29.7 Å². The molecule has 1 aromatic rings. The second-order valence-electron chi connectivity index (χ2n) is 8.00. The van der Waals surface area contributed by atoms with Crippen molar-refractivity contribution in [2.45, 2.75) is 102 Å². The van der Waals surface area contributed by atoms with E-state index in [1.54, 1.807) is 24.3 Å². The molecular weight excluding hydrogens is 397 g/mol. The lowest BCUT2D eigenvalue weighted by atomic mass is 9.88. The summed E-state index contributed by atoms with van der Waals surface area (Å²) >= 11 is 6.44. The predicted molar refractivity (Wildman–Crippen MR) is 115 cm³/mol. The molecule has 5 heteroatoms. The fraction of sp³-hybridized carbons (Fsp3) is 0.708. The number of rotatable bonds is 16. The van der Waals surface area contributed by atoms with E-state index in [-0.39, 0.29) is 0 Å². The number of carbonyl (C=O) groups is 1. The van der Waals surface area contributed by atoms with E-state index >= 15 is 0 Å². The topological polar surface area (TPSA) is 17.1 Å². The highest BCUT2D eigenvalue weighted by molar-refractivity contribution is 6.22. The molecule has 0 aromatic heterocycles. The van der Waals surface area contributed by atoms with Gasteiger partial charge in [-0.3, -0.25) is 4.79 Å². The lowest BCUT2D eigenvalue weighted by molar-refractivity contribution is -0.155. The summed E-state index contributed by atoms with van der Waals surface area (Å²) < 4.78 is 38.2. The molecule has 1 rings (SSSR count). The van der Waals surface area contributed by atoms with Crippen molar-refractivity contribution in [1.82, 2.24) is 0 Å². The maximum atomic E-state index is 12.7. The first-order valence-corrected chi connectivity index (χ1v) is 11.6. The van der Waals surface area contributed by atoms with Crippen LogP contribution in [0, 0.1) is 5.92 Å². The van der Waals surface area contributed by atoms with Crippen LogP contribution in [0.2, 0.25) is 0 Å². The van der Waals surface area contributed by atoms with E-state index in [2.05, 4.69) is 6.92 Å². The first-order chi connectivity index (χ1) is 13.8. The molecule has 2 unspecified atom stereocenters. The molecule has 0 amide bonds. The Bertz CT molecular complexity index is 545. The second kappa shape index (κ2) is 14.9. The Labute approximate surface area is 179 Å². The van der Waals surface area contributed by atoms with Crippen LogP contribution in [0.15, 0.2) is 30.3 Å². The summed E-state index contributed by atoms with van der Waals surface area (Å²) in [5.74, 6) is -1.59. The zero-order valence-corrected chi connectivity index (χ0v) is 18.4. The first-order valence-electron chi connectivity index (χ1n) is 11.1. The Hall–Kier alpha value is -1.03. The number of unbranched alkanes of at least 4 members (excludes halogenated alkanes) is 10. The predicted octanol–water partition coefficient (Wildman–Crippen LogP) is 8.81. The second-order valence-corrected chi connectivity index (χ2v) is 8.47. The van der Waals surface area contributed by atoms with Gasteiger partial charge in [0.05, 0.1) is 5.38 Å². The molecule has 0 heterocycles. The Morgan fingerprint density at radius 1 is 0.862 bits per heavy atom. The van der Waals surface area contributed by atoms with Crippen LogP contribution in [0.4, 0.5) is 13.2 Å². The van der Waals surface area contributed by atoms with E-state index in [1.165, 1.54) is 44.9 Å². The van der Waals surface area contributed by atoms with Crippen LogP contribution in [0.25, 0.3) is 0 Å². The van der Waals surface area contributed by atoms with Crippen LogP contribution in [-0.4, -0.2) is 12.0 Å². The minimum Gasteiger partial charge on any atom is -0.299 e. The van der Waals surface area contributed by atoms with Crippen molar-refractivity contribution in [3.8, 4) is 0 Å². The van der Waals surface area contributed by atoms with Crippen LogP contribution in [0.5, 0.6) is 0 Å². The fourth-order valence-corrected chi connectivity index (χ4v) is 4.11. The number of carbonyl (C=O) groups excluding carboxylic acids is 1. The third-order valence-corrected chi connectivity index (χ3v) is 5.93. The number of hydrogen-bond donors (Lipinski definition) is 0. The number of Topliss-reactive ketones (excluding diaryl/α,β-unsaturated/α-hetero) is 1. The average Bonchev–Trinajstić information content (AvgIpc) is 2.67. The number of hydrogen-bond acceptors (Lipinski definition) is 1. The zero-order valence-electron chi connectivity index (χ0n) is 17.7. The molecule has 1 aromatic carbocycles. The molecule has 166 valence electrons. The molecule has 2 atom stereocenters. The van der Waals surface area contributed by atoms with Gasteiger partial charge in [0.1, 0.15) is 12.2 Å². The summed E-state index contributed by atoms with van der Waals surface area (Å²) in [4.78, 5) is 12.3. The van der Waals surface area contributed by atoms with Crippen molar-refractivity contribution in [2.75, 3.05) is 0 Å². The molecular formula is C24H36ClF3O. The third kappa shape index (κ3) is 12.3. The molecule has 0 saturated carbocycles. The summed E-state index contributed by atoms with van der Waals surface area (Å²) in [6.45, 7) is 2.22. The Morgan fingerprint density at radius 2 is 1.34 bits per heavy atom. The van der Waals surface area contributed by atoms with Gasteiger partial charge in [0.15, 0.2) is 0 Å². The number of halogens is 4. The molecule has 0 N–H and O–H groups in total. The van der Waals surface area contributed by atoms with Gasteiger partial charge in [-0.15, -0.1) is 11.6 Å². The van der Waals surface area contributed by atoms with Gasteiger partial charge in [-0.25, -0.2) is 0 Å². The Kier molecular flexibility index (Phi) is 13.3. The van der Waals surface area contributed by atoms with Crippen molar-refractivity contribution in [2.24, 2.45) is 5.92 Å². The maximum Gasteiger partial charge on any atom is 0.395 e. The molecule has 0 aliphatic rings. The minimum atomic E-state index is -4.49. The maximum absolute atomic E-state index is 12.7. The van der Waals surface area contributed by atoms with Gasteiger partial charge in [-0.2, -0.15) is 13.2 Å². The molecule has 0 aliphatic carbocycles. The summed E-state index contributed by atoms with van der Waals surface area (Å²) in [7, 11) is 0. The van der Waals surface area contributed by atoms with Gasteiger partial charge in [-0.05, 0) is 12.0 Å². The van der Waals surface area contributed by atoms with Gasteiger partial charge in [0, 0.05) is 5.92 Å². The molecule has 0 radical (unpaired) electrons. The van der Waals surface area contributed by atoms with E-state index in [0.29, 0.717) is 12.0 Å². The van der Waals surface area contributed by atoms with E-state index in [0.717, 1.165) is 25.7 Å². The summed E-state index contributed by atoms with van der Waals surface area (Å²) in [5, 5.41) is -0.714. The minimum absolute atomic E-state index is 0.412. The zero-order chi connectivity index (χ0) is 21.5. The van der Waals surface area contributed by atoms with Gasteiger partial charge in [0.25, 0.3) is 0 Å². The van der Waals surface area contributed by atoms with E-state index in [4.69, 9.17) is 11.6 Å². The Morgan fingerprint density at radius 3 is 1.83 bits per heavy atom. The highest BCUT2D eigenvalue weighted by Gasteiger charge is 2.37. The summed E-state index contributed by atoms with van der Waals surface area (Å²) in [6.07, 6.45) is 7.39. The monoisotopic (exact) mass is 432 g/mol. The largest absolute Gasteiger partial charge is 0.395 e. The molecule has 0 saturated heterocycles. The van der Waals surface area contributed by atoms with Crippen LogP contribution in [-0.2, 0) is 4.79 Å². The summed E-state index contributed by atoms with van der Waals surface area (Å²) in [6, 6.07) is 8.94. The SMILES string of the molecule is CCCCCCCCCCCCCC(C(=O)CC(F)(F)F)C(Cl)c1ccccc1. The van der Waals surface area contributed by atoms with Crippen LogP contribution < -0.4 is 0 Å². The molecule has 0 spiro atoms. The lowest BCUT2D eigenvalue weighted by Gasteiger charge is -2.22. The van der Waals surface area contributed by atoms with Crippen molar-refractivity contribution in [3.63, 3.8) is 0 Å². The van der Waals surface area contributed by atoms with Gasteiger partial charge < -0.3 is 0 Å². The van der Waals surface area contributed by atoms with Crippen LogP contribution in [0.1, 0.15) is 101 Å². The smallest absolute Gasteiger partial charge is 0.299 e. The van der Waals surface area contributed by atoms with Gasteiger partial charge >= 0.3 is 6.18 Å². The number of ketones is 1. The van der Waals surface area contributed by atoms with E-state index in [1.807, 2.05) is 6.07 Å². The molecule has 0 aliphatic heterocycles. The van der Waals surface area contributed by atoms with Crippen molar-refractivity contribution < 1.29 is 18.0 Å². The van der Waals surface area contributed by atoms with Crippen molar-refractivity contribution >= 4 is 17.4 Å². The van der Waals surface area contributed by atoms with Crippen LogP contribution in [0.3, 0.4) is 0 Å². The third-order valence-electron chi connectivity index (χ3n) is 5.38. The standard InChI is InChI=1S/C24H36ClF3O/c1-2-3-4-5-6-7-8-9-10-11-15-18-21(22(29)19-24(26,27)28)23(25)20-16-13-12-14-17-20/h12-14,16-17,21,23H,2-11,15,18-19H2,1H3. The summed E-state index contributed by atoms with van der Waals surface area (Å²) in [5.41, 5.74) is 0.706. The number of benzene rings is 1. The molecule has 1 nitrogen and oxygen atoms in total. The molecule has 0 bridgehead atoms. The van der Waals surface area contributed by atoms with Crippen molar-refractivity contribution in [3.05, 3.63) is 35.9 Å². The molecule has 0 fully saturated rings. The molecule has 29 heavy (non-hydrogen) atoms. The fourth-order valence-electron chi connectivity index (χ4n) is 3.70. The normalized spacial score (nSPS) is 14.0. The average molecular weight is 433 g/mol. The van der Waals surface area contributed by atoms with Crippen molar-refractivity contribution in [1.29, 1.82) is 0 Å². The van der Waals surface area contributed by atoms with Crippen LogP contribution >= 0.6 is 11.6 Å². The van der Waals surface area contributed by atoms with Gasteiger partial charge in [-0.1, -0.05) is 108 Å². The quantitative estimate of drug-likeness (QED) is 0.188. The highest BCUT2D eigenvalue weighted by atomic mass is 35.5.